The number of piperidine rings is 1. The third-order valence-corrected chi connectivity index (χ3v) is 3.20. The molecule has 0 radical (unpaired) electrons. The van der Waals surface area contributed by atoms with Crippen LogP contribution in [0.1, 0.15) is 53.9 Å². The van der Waals surface area contributed by atoms with Crippen molar-refractivity contribution < 1.29 is 14.6 Å². The molecule has 5 nitrogen and oxygen atoms in total. The van der Waals surface area contributed by atoms with Crippen molar-refractivity contribution in [3.05, 3.63) is 0 Å². The molecule has 0 aromatic carbocycles. The predicted octanol–water partition coefficient (Wildman–Crippen LogP) is 2.34. The van der Waals surface area contributed by atoms with Crippen molar-refractivity contribution in [3.63, 3.8) is 0 Å². The molecule has 0 aromatic heterocycles. The van der Waals surface area contributed by atoms with Gasteiger partial charge in [0.2, 0.25) is 0 Å². The number of carbonyl (C=O) groups is 1. The third-order valence-electron chi connectivity index (χ3n) is 3.20. The van der Waals surface area contributed by atoms with Crippen molar-refractivity contribution in [3.8, 4) is 0 Å². The summed E-state index contributed by atoms with van der Waals surface area (Å²) < 4.78 is 5.39. The number of hydrogen-bond donors (Lipinski definition) is 2. The van der Waals surface area contributed by atoms with Gasteiger partial charge in [-0.2, -0.15) is 0 Å². The molecule has 1 heterocycles. The van der Waals surface area contributed by atoms with Gasteiger partial charge in [-0.15, -0.1) is 0 Å². The number of hydrogen-bond acceptors (Lipinski definition) is 4. The lowest BCUT2D eigenvalue weighted by Crippen LogP contribution is -2.51. The Morgan fingerprint density at radius 1 is 1.45 bits per heavy atom. The summed E-state index contributed by atoms with van der Waals surface area (Å²) in [6.07, 6.45) is 1.88. The summed E-state index contributed by atoms with van der Waals surface area (Å²) in [7, 11) is 0. The summed E-state index contributed by atoms with van der Waals surface area (Å²) in [6.45, 7) is 11.1. The first kappa shape index (κ1) is 17.2. The third kappa shape index (κ3) is 6.57. The molecule has 1 aliphatic rings. The molecule has 0 saturated carbocycles. The molecule has 1 fully saturated rings. The first-order chi connectivity index (χ1) is 9.17. The second-order valence-corrected chi connectivity index (χ2v) is 7.08. The molecule has 0 spiro atoms. The average Bonchev–Trinajstić information content (AvgIpc) is 2.25. The smallest absolute Gasteiger partial charge is 0.410 e. The second kappa shape index (κ2) is 7.27. The van der Waals surface area contributed by atoms with Crippen LogP contribution in [0.3, 0.4) is 0 Å². The van der Waals surface area contributed by atoms with E-state index in [0.29, 0.717) is 12.5 Å². The van der Waals surface area contributed by atoms with E-state index in [0.717, 1.165) is 25.8 Å². The van der Waals surface area contributed by atoms with Crippen molar-refractivity contribution in [2.75, 3.05) is 13.1 Å². The van der Waals surface area contributed by atoms with Crippen LogP contribution in [0.15, 0.2) is 0 Å². The van der Waals surface area contributed by atoms with Crippen molar-refractivity contribution >= 4 is 6.09 Å². The van der Waals surface area contributed by atoms with Crippen LogP contribution in [-0.2, 0) is 4.74 Å². The molecule has 0 bridgehead atoms. The Hall–Kier alpha value is -0.810. The molecule has 118 valence electrons. The van der Waals surface area contributed by atoms with E-state index in [-0.39, 0.29) is 12.1 Å². The van der Waals surface area contributed by atoms with Crippen molar-refractivity contribution in [2.45, 2.75) is 71.8 Å². The molecular weight excluding hydrogens is 256 g/mol. The van der Waals surface area contributed by atoms with Gasteiger partial charge in [0.25, 0.3) is 0 Å². The molecule has 2 N–H and O–H groups in total. The van der Waals surface area contributed by atoms with Gasteiger partial charge in [0.05, 0.1) is 0 Å². The maximum absolute atomic E-state index is 12.0. The zero-order chi connectivity index (χ0) is 15.3. The minimum Gasteiger partial charge on any atom is -0.444 e. The minimum atomic E-state index is -0.501. The van der Waals surface area contributed by atoms with Gasteiger partial charge in [-0.25, -0.2) is 4.79 Å². The Bertz CT molecular complexity index is 313. The van der Waals surface area contributed by atoms with E-state index >= 15 is 0 Å². The SMILES string of the molecule is CC(C)C[C@H](O)NC1CCCN(C(=O)OC(C)(C)C)C1. The minimum absolute atomic E-state index is 0.144. The van der Waals surface area contributed by atoms with Gasteiger partial charge < -0.3 is 14.7 Å². The first-order valence-electron chi connectivity index (χ1n) is 7.59. The number of likely N-dealkylation sites (tertiary alicyclic amines) is 1. The van der Waals surface area contributed by atoms with Crippen LogP contribution in [0.5, 0.6) is 0 Å². The second-order valence-electron chi connectivity index (χ2n) is 7.08. The number of rotatable bonds is 4. The molecule has 5 heteroatoms. The molecule has 0 aliphatic carbocycles. The normalized spacial score (nSPS) is 21.9. The Kier molecular flexibility index (Phi) is 6.27. The fourth-order valence-corrected chi connectivity index (χ4v) is 2.39. The van der Waals surface area contributed by atoms with Crippen LogP contribution in [0.25, 0.3) is 0 Å². The van der Waals surface area contributed by atoms with Crippen LogP contribution in [0, 0.1) is 5.92 Å². The zero-order valence-corrected chi connectivity index (χ0v) is 13.5. The summed E-state index contributed by atoms with van der Waals surface area (Å²) in [5.41, 5.74) is -0.464. The largest absolute Gasteiger partial charge is 0.444 e. The summed E-state index contributed by atoms with van der Waals surface area (Å²) in [4.78, 5) is 13.8. The highest BCUT2D eigenvalue weighted by Crippen LogP contribution is 2.16. The molecule has 1 unspecified atom stereocenters. The maximum atomic E-state index is 12.0. The predicted molar refractivity (Wildman–Crippen MR) is 79.4 cm³/mol. The van der Waals surface area contributed by atoms with Crippen LogP contribution >= 0.6 is 0 Å². The van der Waals surface area contributed by atoms with Crippen LogP contribution in [0.2, 0.25) is 0 Å². The summed E-state index contributed by atoms with van der Waals surface area (Å²) >= 11 is 0. The number of aliphatic hydroxyl groups excluding tert-OH is 1. The fraction of sp³-hybridized carbons (Fsp3) is 0.933. The Labute approximate surface area is 122 Å². The Morgan fingerprint density at radius 3 is 2.65 bits per heavy atom. The van der Waals surface area contributed by atoms with E-state index in [2.05, 4.69) is 19.2 Å². The van der Waals surface area contributed by atoms with Gasteiger partial charge in [-0.1, -0.05) is 13.8 Å². The molecule has 1 saturated heterocycles. The average molecular weight is 286 g/mol. The van der Waals surface area contributed by atoms with E-state index in [4.69, 9.17) is 4.74 Å². The van der Waals surface area contributed by atoms with E-state index in [1.54, 1.807) is 4.90 Å². The van der Waals surface area contributed by atoms with E-state index in [1.165, 1.54) is 0 Å². The first-order valence-corrected chi connectivity index (χ1v) is 7.59. The van der Waals surface area contributed by atoms with Crippen LogP contribution in [-0.4, -0.2) is 47.1 Å². The lowest BCUT2D eigenvalue weighted by atomic mass is 10.0. The number of carbonyl (C=O) groups excluding carboxylic acids is 1. The molecule has 0 aromatic rings. The highest BCUT2D eigenvalue weighted by molar-refractivity contribution is 5.68. The monoisotopic (exact) mass is 286 g/mol. The molecule has 20 heavy (non-hydrogen) atoms. The summed E-state index contributed by atoms with van der Waals surface area (Å²) in [5, 5.41) is 13.1. The van der Waals surface area contributed by atoms with Gasteiger partial charge in [-0.05, 0) is 46.0 Å². The molecule has 1 rings (SSSR count). The van der Waals surface area contributed by atoms with Gasteiger partial charge in [0.15, 0.2) is 0 Å². The number of ether oxygens (including phenoxy) is 1. The van der Waals surface area contributed by atoms with Crippen molar-refractivity contribution in [2.24, 2.45) is 5.92 Å². The number of nitrogens with one attached hydrogen (secondary N) is 1. The van der Waals surface area contributed by atoms with Gasteiger partial charge >= 0.3 is 6.09 Å². The standard InChI is InChI=1S/C15H30N2O3/c1-11(2)9-13(18)16-12-7-6-8-17(10-12)14(19)20-15(3,4)5/h11-13,16,18H,6-10H2,1-5H3/t12?,13-/m0/s1. The molecule has 1 amide bonds. The highest BCUT2D eigenvalue weighted by Gasteiger charge is 2.28. The molecule has 2 atom stereocenters. The van der Waals surface area contributed by atoms with Crippen molar-refractivity contribution in [1.29, 1.82) is 0 Å². The van der Waals surface area contributed by atoms with Gasteiger partial charge in [0, 0.05) is 19.1 Å². The van der Waals surface area contributed by atoms with Gasteiger partial charge in [0.1, 0.15) is 11.8 Å². The van der Waals surface area contributed by atoms with E-state index < -0.39 is 11.8 Å². The lowest BCUT2D eigenvalue weighted by molar-refractivity contribution is 0.0139. The van der Waals surface area contributed by atoms with E-state index in [1.807, 2.05) is 20.8 Å². The number of amides is 1. The lowest BCUT2D eigenvalue weighted by Gasteiger charge is -2.35. The van der Waals surface area contributed by atoms with Crippen LogP contribution < -0.4 is 5.32 Å². The number of aliphatic hydroxyl groups is 1. The summed E-state index contributed by atoms with van der Waals surface area (Å²) in [6, 6.07) is 0.144. The Balaban J connectivity index is 2.44. The number of nitrogens with zero attached hydrogens (tertiary/aromatic N) is 1. The molecular formula is C15H30N2O3. The summed E-state index contributed by atoms with van der Waals surface area (Å²) in [5.74, 6) is 0.447. The van der Waals surface area contributed by atoms with E-state index in [9.17, 15) is 9.90 Å². The molecule has 1 aliphatic heterocycles. The fourth-order valence-electron chi connectivity index (χ4n) is 2.39. The Morgan fingerprint density at radius 2 is 2.10 bits per heavy atom. The quantitative estimate of drug-likeness (QED) is 0.779. The van der Waals surface area contributed by atoms with Crippen molar-refractivity contribution in [1.82, 2.24) is 10.2 Å². The maximum Gasteiger partial charge on any atom is 0.410 e. The topological polar surface area (TPSA) is 61.8 Å². The van der Waals surface area contributed by atoms with Gasteiger partial charge in [-0.3, -0.25) is 5.32 Å². The highest BCUT2D eigenvalue weighted by atomic mass is 16.6. The zero-order valence-electron chi connectivity index (χ0n) is 13.5. The van der Waals surface area contributed by atoms with Crippen LogP contribution in [0.4, 0.5) is 4.79 Å².